The van der Waals surface area contributed by atoms with Crippen LogP contribution in [-0.2, 0) is 4.79 Å². The first-order chi connectivity index (χ1) is 10.1. The maximum absolute atomic E-state index is 11.8. The minimum absolute atomic E-state index is 0.193. The van der Waals surface area contributed by atoms with Crippen molar-refractivity contribution in [2.45, 2.75) is 0 Å². The summed E-state index contributed by atoms with van der Waals surface area (Å²) in [6, 6.07) is 11.3. The highest BCUT2D eigenvalue weighted by Gasteiger charge is 2.07. The standard InChI is InChI=1S/C15H11Cl2NO3/c16-11-4-5-14(13(17)7-11)18-15(20)9-21-12-3-1-2-10(6-12)8-19/h1-8H,9H2,(H,18,20). The van der Waals surface area contributed by atoms with Crippen molar-refractivity contribution in [3.8, 4) is 5.75 Å². The predicted molar refractivity (Wildman–Crippen MR) is 82.4 cm³/mol. The van der Waals surface area contributed by atoms with Crippen molar-refractivity contribution in [1.29, 1.82) is 0 Å². The Balaban J connectivity index is 1.94. The summed E-state index contributed by atoms with van der Waals surface area (Å²) >= 11 is 11.7. The monoisotopic (exact) mass is 323 g/mol. The van der Waals surface area contributed by atoms with Crippen molar-refractivity contribution in [3.63, 3.8) is 0 Å². The number of hydrogen-bond donors (Lipinski definition) is 1. The molecule has 0 bridgehead atoms. The number of ether oxygens (including phenoxy) is 1. The Bertz CT molecular complexity index is 674. The predicted octanol–water partition coefficient (Wildman–Crippen LogP) is 3.82. The number of carbonyl (C=O) groups excluding carboxylic acids is 2. The van der Waals surface area contributed by atoms with E-state index in [-0.39, 0.29) is 12.5 Å². The zero-order valence-corrected chi connectivity index (χ0v) is 12.3. The Hall–Kier alpha value is -2.04. The summed E-state index contributed by atoms with van der Waals surface area (Å²) in [5, 5.41) is 3.44. The number of amides is 1. The lowest BCUT2D eigenvalue weighted by atomic mass is 10.2. The number of rotatable bonds is 5. The molecule has 6 heteroatoms. The molecule has 0 aromatic heterocycles. The molecule has 1 N–H and O–H groups in total. The molecular weight excluding hydrogens is 313 g/mol. The summed E-state index contributed by atoms with van der Waals surface area (Å²) < 4.78 is 5.31. The maximum atomic E-state index is 11.8. The number of carbonyl (C=O) groups is 2. The maximum Gasteiger partial charge on any atom is 0.262 e. The molecule has 0 saturated heterocycles. The van der Waals surface area contributed by atoms with Crippen LogP contribution in [0.15, 0.2) is 42.5 Å². The first-order valence-electron chi connectivity index (χ1n) is 6.01. The zero-order chi connectivity index (χ0) is 15.2. The number of nitrogens with one attached hydrogen (secondary N) is 1. The Labute approximate surface area is 131 Å². The van der Waals surface area contributed by atoms with Gasteiger partial charge in [0.1, 0.15) is 12.0 Å². The van der Waals surface area contributed by atoms with E-state index in [2.05, 4.69) is 5.32 Å². The molecule has 2 aromatic rings. The number of hydrogen-bond acceptors (Lipinski definition) is 3. The SMILES string of the molecule is O=Cc1cccc(OCC(=O)Nc2ccc(Cl)cc2Cl)c1. The van der Waals surface area contributed by atoms with Crippen LogP contribution < -0.4 is 10.1 Å². The van der Waals surface area contributed by atoms with Gasteiger partial charge in [0.25, 0.3) is 5.91 Å². The lowest BCUT2D eigenvalue weighted by molar-refractivity contribution is -0.118. The fraction of sp³-hybridized carbons (Fsp3) is 0.0667. The van der Waals surface area contributed by atoms with E-state index in [1.54, 1.807) is 36.4 Å². The third-order valence-corrected chi connectivity index (χ3v) is 3.12. The van der Waals surface area contributed by atoms with E-state index in [9.17, 15) is 9.59 Å². The van der Waals surface area contributed by atoms with E-state index in [1.807, 2.05) is 0 Å². The van der Waals surface area contributed by atoms with E-state index < -0.39 is 0 Å². The van der Waals surface area contributed by atoms with Gasteiger partial charge in [0, 0.05) is 10.6 Å². The first-order valence-corrected chi connectivity index (χ1v) is 6.77. The third kappa shape index (κ3) is 4.48. The van der Waals surface area contributed by atoms with Crippen LogP contribution in [0, 0.1) is 0 Å². The molecule has 0 aliphatic heterocycles. The van der Waals surface area contributed by atoms with Crippen molar-refractivity contribution in [2.75, 3.05) is 11.9 Å². The van der Waals surface area contributed by atoms with E-state index >= 15 is 0 Å². The molecule has 0 spiro atoms. The summed E-state index contributed by atoms with van der Waals surface area (Å²) in [5.74, 6) is 0.0766. The van der Waals surface area contributed by atoms with E-state index in [4.69, 9.17) is 27.9 Å². The highest BCUT2D eigenvalue weighted by molar-refractivity contribution is 6.36. The second-order valence-corrected chi connectivity index (χ2v) is 4.99. The molecule has 0 fully saturated rings. The van der Waals surface area contributed by atoms with Crippen LogP contribution in [0.3, 0.4) is 0 Å². The fourth-order valence-corrected chi connectivity index (χ4v) is 2.06. The minimum atomic E-state index is -0.365. The minimum Gasteiger partial charge on any atom is -0.484 e. The van der Waals surface area contributed by atoms with Gasteiger partial charge in [-0.2, -0.15) is 0 Å². The Morgan fingerprint density at radius 1 is 1.19 bits per heavy atom. The lowest BCUT2D eigenvalue weighted by Gasteiger charge is -2.09. The molecule has 21 heavy (non-hydrogen) atoms. The van der Waals surface area contributed by atoms with E-state index in [0.29, 0.717) is 33.3 Å². The van der Waals surface area contributed by atoms with Crippen molar-refractivity contribution in [3.05, 3.63) is 58.1 Å². The quantitative estimate of drug-likeness (QED) is 0.851. The van der Waals surface area contributed by atoms with E-state index in [1.165, 1.54) is 6.07 Å². The van der Waals surface area contributed by atoms with Crippen LogP contribution in [0.4, 0.5) is 5.69 Å². The molecule has 0 unspecified atom stereocenters. The Morgan fingerprint density at radius 2 is 2.00 bits per heavy atom. The number of benzene rings is 2. The molecule has 2 aromatic carbocycles. The average molecular weight is 324 g/mol. The normalized spacial score (nSPS) is 10.0. The summed E-state index contributed by atoms with van der Waals surface area (Å²) in [7, 11) is 0. The van der Waals surface area contributed by atoms with Crippen LogP contribution in [0.25, 0.3) is 0 Å². The van der Waals surface area contributed by atoms with Gasteiger partial charge in [-0.05, 0) is 30.3 Å². The van der Waals surface area contributed by atoms with Gasteiger partial charge in [0.05, 0.1) is 10.7 Å². The second-order valence-electron chi connectivity index (χ2n) is 4.15. The molecule has 2 rings (SSSR count). The highest BCUT2D eigenvalue weighted by Crippen LogP contribution is 2.25. The fourth-order valence-electron chi connectivity index (χ4n) is 1.60. The van der Waals surface area contributed by atoms with Crippen molar-refractivity contribution in [1.82, 2.24) is 0 Å². The van der Waals surface area contributed by atoms with Crippen LogP contribution in [0.2, 0.25) is 10.0 Å². The number of anilines is 1. The lowest BCUT2D eigenvalue weighted by Crippen LogP contribution is -2.20. The Kier molecular flexibility index (Phi) is 5.20. The van der Waals surface area contributed by atoms with E-state index in [0.717, 1.165) is 0 Å². The average Bonchev–Trinajstić information content (AvgIpc) is 2.48. The summed E-state index contributed by atoms with van der Waals surface area (Å²) in [6.07, 6.45) is 0.709. The molecule has 4 nitrogen and oxygen atoms in total. The van der Waals surface area contributed by atoms with Crippen molar-refractivity contribution in [2.24, 2.45) is 0 Å². The second kappa shape index (κ2) is 7.11. The smallest absolute Gasteiger partial charge is 0.262 e. The summed E-state index contributed by atoms with van der Waals surface area (Å²) in [4.78, 5) is 22.4. The molecule has 0 radical (unpaired) electrons. The molecule has 108 valence electrons. The molecule has 0 aliphatic rings. The van der Waals surface area contributed by atoms with Gasteiger partial charge < -0.3 is 10.1 Å². The number of halogens is 2. The third-order valence-electron chi connectivity index (χ3n) is 2.57. The summed E-state index contributed by atoms with van der Waals surface area (Å²) in [5.41, 5.74) is 0.935. The topological polar surface area (TPSA) is 55.4 Å². The summed E-state index contributed by atoms with van der Waals surface area (Å²) in [6.45, 7) is -0.193. The Morgan fingerprint density at radius 3 is 2.71 bits per heavy atom. The van der Waals surface area contributed by atoms with Crippen LogP contribution in [0.5, 0.6) is 5.75 Å². The van der Waals surface area contributed by atoms with Gasteiger partial charge in [-0.25, -0.2) is 0 Å². The highest BCUT2D eigenvalue weighted by atomic mass is 35.5. The molecule has 1 amide bonds. The molecule has 0 heterocycles. The van der Waals surface area contributed by atoms with Crippen LogP contribution in [0.1, 0.15) is 10.4 Å². The van der Waals surface area contributed by atoms with Crippen LogP contribution >= 0.6 is 23.2 Å². The number of aldehydes is 1. The van der Waals surface area contributed by atoms with Gasteiger partial charge in [-0.3, -0.25) is 9.59 Å². The van der Waals surface area contributed by atoms with Gasteiger partial charge in [0.2, 0.25) is 0 Å². The van der Waals surface area contributed by atoms with Gasteiger partial charge in [-0.15, -0.1) is 0 Å². The molecule has 0 aliphatic carbocycles. The van der Waals surface area contributed by atoms with Crippen molar-refractivity contribution >= 4 is 41.1 Å². The van der Waals surface area contributed by atoms with Gasteiger partial charge in [0.15, 0.2) is 6.61 Å². The molecule has 0 atom stereocenters. The van der Waals surface area contributed by atoms with Crippen LogP contribution in [-0.4, -0.2) is 18.8 Å². The van der Waals surface area contributed by atoms with Gasteiger partial charge >= 0.3 is 0 Å². The van der Waals surface area contributed by atoms with Crippen molar-refractivity contribution < 1.29 is 14.3 Å². The van der Waals surface area contributed by atoms with Gasteiger partial charge in [-0.1, -0.05) is 35.3 Å². The molecular formula is C15H11Cl2NO3. The zero-order valence-electron chi connectivity index (χ0n) is 10.8. The molecule has 0 saturated carbocycles. The largest absolute Gasteiger partial charge is 0.484 e. The first kappa shape index (κ1) is 15.4.